The smallest absolute Gasteiger partial charge is 0.160 e. The highest BCUT2D eigenvalue weighted by molar-refractivity contribution is 6.31. The number of halogens is 5. The van der Waals surface area contributed by atoms with Gasteiger partial charge in [-0.1, -0.05) is 168 Å². The molecule has 0 atom stereocenters. The molecule has 0 saturated heterocycles. The van der Waals surface area contributed by atoms with Crippen LogP contribution in [0.3, 0.4) is 0 Å². The van der Waals surface area contributed by atoms with Crippen molar-refractivity contribution < 1.29 is 27.4 Å². The Morgan fingerprint density at radius 3 is 1.00 bits per heavy atom. The zero-order valence-corrected chi connectivity index (χ0v) is 47.4. The number of hydrogen-bond acceptors (Lipinski definition) is 3. The molecule has 0 aliphatic rings. The summed E-state index contributed by atoms with van der Waals surface area (Å²) in [6.45, 7) is 35.1. The van der Waals surface area contributed by atoms with Gasteiger partial charge in [-0.2, -0.15) is 0 Å². The highest BCUT2D eigenvalue weighted by atomic mass is 35.5. The van der Waals surface area contributed by atoms with Crippen LogP contribution in [0.5, 0.6) is 17.2 Å². The maximum atomic E-state index is 13.1. The molecule has 0 bridgehead atoms. The first-order chi connectivity index (χ1) is 32.7. The van der Waals surface area contributed by atoms with Gasteiger partial charge in [-0.3, -0.25) is 0 Å². The topological polar surface area (TPSA) is 27.7 Å². The molecular weight excluding hydrogens is 933 g/mol. The largest absolute Gasteiger partial charge is 0.496 e. The van der Waals surface area contributed by atoms with Gasteiger partial charge in [0.2, 0.25) is 0 Å². The van der Waals surface area contributed by atoms with E-state index in [4.69, 9.17) is 37.4 Å². The van der Waals surface area contributed by atoms with Crippen LogP contribution in [0.4, 0.5) is 13.2 Å². The second-order valence-electron chi connectivity index (χ2n) is 19.4. The zero-order chi connectivity index (χ0) is 53.6. The van der Waals surface area contributed by atoms with Gasteiger partial charge in [0.1, 0.15) is 23.2 Å². The van der Waals surface area contributed by atoms with E-state index in [-0.39, 0.29) is 19.2 Å². The Morgan fingerprint density at radius 1 is 0.338 bits per heavy atom. The van der Waals surface area contributed by atoms with Gasteiger partial charge >= 0.3 is 0 Å². The third kappa shape index (κ3) is 23.0. The monoisotopic (exact) mass is 1020 g/mol. The number of rotatable bonds is 9. The molecule has 6 rings (SSSR count). The Bertz CT molecular complexity index is 2340. The molecule has 0 heterocycles. The van der Waals surface area contributed by atoms with Crippen LogP contribution in [0.25, 0.3) is 0 Å². The van der Waals surface area contributed by atoms with Crippen LogP contribution < -0.4 is 14.2 Å². The lowest BCUT2D eigenvalue weighted by molar-refractivity contribution is 0.354. The lowest BCUT2D eigenvalue weighted by atomic mass is 9.97. The summed E-state index contributed by atoms with van der Waals surface area (Å²) in [6.07, 6.45) is 0. The van der Waals surface area contributed by atoms with Crippen LogP contribution in [0, 0.1) is 52.1 Å². The summed E-state index contributed by atoms with van der Waals surface area (Å²) in [4.78, 5) is 0. The predicted molar refractivity (Wildman–Crippen MR) is 303 cm³/mol. The van der Waals surface area contributed by atoms with E-state index >= 15 is 0 Å². The third-order valence-electron chi connectivity index (χ3n) is 11.6. The highest BCUT2D eigenvalue weighted by Crippen LogP contribution is 2.31. The third-order valence-corrected chi connectivity index (χ3v) is 12.4. The van der Waals surface area contributed by atoms with Gasteiger partial charge in [0, 0.05) is 16.1 Å². The van der Waals surface area contributed by atoms with Crippen molar-refractivity contribution in [3.8, 4) is 17.2 Å². The quantitative estimate of drug-likeness (QED) is 0.144. The van der Waals surface area contributed by atoms with E-state index < -0.39 is 11.6 Å². The Balaban J connectivity index is 0.000000827. The first-order valence-electron chi connectivity index (χ1n) is 24.3. The van der Waals surface area contributed by atoms with Crippen LogP contribution in [0.15, 0.2) is 103 Å². The van der Waals surface area contributed by atoms with E-state index in [1.807, 2.05) is 70.2 Å². The molecule has 0 N–H and O–H groups in total. The van der Waals surface area contributed by atoms with Crippen molar-refractivity contribution in [2.75, 3.05) is 21.3 Å². The van der Waals surface area contributed by atoms with Gasteiger partial charge in [0.25, 0.3) is 0 Å². The van der Waals surface area contributed by atoms with Gasteiger partial charge in [-0.15, -0.1) is 0 Å². The molecule has 6 aromatic rings. The SMILES string of the molecule is C.COc1ccc(C(C)C)cc1C.COc1ccc(C(C)C)cc1OC.Cc1cc(C(C)C)ccc1Cl.Cc1cc(C(C)C)ccc1Cl.Cc1cc(C(C)C)ccc1F.Cc1cc(F)cc(F)c1C(C)C. The first kappa shape index (κ1) is 66.1. The summed E-state index contributed by atoms with van der Waals surface area (Å²) in [5.41, 5.74) is 12.1. The lowest BCUT2D eigenvalue weighted by Crippen LogP contribution is -1.97. The van der Waals surface area contributed by atoms with Crippen molar-refractivity contribution in [3.05, 3.63) is 192 Å². The van der Waals surface area contributed by atoms with Gasteiger partial charge < -0.3 is 14.2 Å². The van der Waals surface area contributed by atoms with Crippen LogP contribution >= 0.6 is 23.2 Å². The summed E-state index contributed by atoms with van der Waals surface area (Å²) < 4.78 is 54.0. The Kier molecular flexibility index (Phi) is 30.7. The fourth-order valence-corrected chi connectivity index (χ4v) is 7.23. The molecule has 0 unspecified atom stereocenters. The molecule has 6 aromatic carbocycles. The fourth-order valence-electron chi connectivity index (χ4n) is 7.00. The summed E-state index contributed by atoms with van der Waals surface area (Å²) in [6, 6.07) is 32.3. The minimum absolute atomic E-state index is 0. The zero-order valence-electron chi connectivity index (χ0n) is 45.9. The molecule has 0 amide bonds. The van der Waals surface area contributed by atoms with Crippen molar-refractivity contribution in [2.24, 2.45) is 0 Å². The van der Waals surface area contributed by atoms with Crippen molar-refractivity contribution in [2.45, 2.75) is 161 Å². The van der Waals surface area contributed by atoms with Gasteiger partial charge in [0.05, 0.1) is 21.3 Å². The van der Waals surface area contributed by atoms with Gasteiger partial charge in [0.15, 0.2) is 11.5 Å². The van der Waals surface area contributed by atoms with Gasteiger partial charge in [-0.25, -0.2) is 13.2 Å². The number of ether oxygens (including phenoxy) is 3. The van der Waals surface area contributed by atoms with Crippen molar-refractivity contribution in [1.82, 2.24) is 0 Å². The predicted octanol–water partition coefficient (Wildman–Crippen LogP) is 20.8. The Morgan fingerprint density at radius 2 is 0.676 bits per heavy atom. The summed E-state index contributed by atoms with van der Waals surface area (Å²) in [5.74, 6) is 4.36. The van der Waals surface area contributed by atoms with Crippen LogP contribution in [-0.4, -0.2) is 21.3 Å². The molecule has 0 aliphatic heterocycles. The highest BCUT2D eigenvalue weighted by Gasteiger charge is 2.11. The first-order valence-corrected chi connectivity index (χ1v) is 25.0. The molecule has 0 spiro atoms. The summed E-state index contributed by atoms with van der Waals surface area (Å²) in [7, 11) is 5.01. The normalized spacial score (nSPS) is 10.4. The van der Waals surface area contributed by atoms with E-state index in [9.17, 15) is 13.2 Å². The fraction of sp³-hybridized carbons (Fsp3) is 0.429. The van der Waals surface area contributed by atoms with E-state index in [2.05, 4.69) is 119 Å². The number of aryl methyl sites for hydroxylation is 5. The molecule has 0 fully saturated rings. The second-order valence-corrected chi connectivity index (χ2v) is 20.2. The second kappa shape index (κ2) is 32.9. The number of benzene rings is 6. The van der Waals surface area contributed by atoms with E-state index in [1.165, 1.54) is 45.5 Å². The molecule has 392 valence electrons. The summed E-state index contributed by atoms with van der Waals surface area (Å²) in [5, 5.41) is 1.71. The van der Waals surface area contributed by atoms with E-state index in [0.29, 0.717) is 40.7 Å². The Labute approximate surface area is 439 Å². The van der Waals surface area contributed by atoms with Crippen LogP contribution in [-0.2, 0) is 0 Å². The molecule has 8 heteroatoms. The minimum atomic E-state index is -0.505. The molecular formula is C63H87Cl2F3O3. The molecule has 0 aromatic heterocycles. The number of methoxy groups -OCH3 is 3. The van der Waals surface area contributed by atoms with E-state index in [1.54, 1.807) is 35.2 Å². The average molecular weight is 1020 g/mol. The van der Waals surface area contributed by atoms with Gasteiger partial charge in [-0.05, 0) is 174 Å². The van der Waals surface area contributed by atoms with Crippen molar-refractivity contribution in [1.29, 1.82) is 0 Å². The minimum Gasteiger partial charge on any atom is -0.496 e. The molecule has 3 nitrogen and oxygen atoms in total. The Hall–Kier alpha value is -4.91. The maximum absolute atomic E-state index is 13.1. The van der Waals surface area contributed by atoms with E-state index in [0.717, 1.165) is 50.1 Å². The molecule has 71 heavy (non-hydrogen) atoms. The average Bonchev–Trinajstić information content (AvgIpc) is 3.29. The van der Waals surface area contributed by atoms with Crippen LogP contribution in [0.1, 0.15) is 187 Å². The molecule has 0 saturated carbocycles. The standard InChI is InChI=1S/C11H16O2.C11H16O.2C10H13Cl.C10H12F2.C10H13F.CH4/c1-8(2)9-5-6-10(12-3)11(7-9)13-4;1-8(2)10-5-6-11(12-4)9(3)7-10;2*1-7(2)9-4-5-10(11)8(3)6-9;1-6(2)10-7(3)4-8(11)5-9(10)12;1-7(2)9-4-5-10(11)8(3)6-9;/h5-8H,1-4H3;5-8H,1-4H3;2*4-7H,1-3H3;4-6H,1-3H3;4-7H,1-3H3;1H4. The molecule has 0 aliphatic carbocycles. The number of hydrogen-bond donors (Lipinski definition) is 0. The van der Waals surface area contributed by atoms with Crippen LogP contribution in [0.2, 0.25) is 10.0 Å². The van der Waals surface area contributed by atoms with Crippen molar-refractivity contribution >= 4 is 23.2 Å². The molecule has 0 radical (unpaired) electrons. The maximum Gasteiger partial charge on any atom is 0.160 e. The lowest BCUT2D eigenvalue weighted by Gasteiger charge is -2.11. The summed E-state index contributed by atoms with van der Waals surface area (Å²) >= 11 is 11.8. The van der Waals surface area contributed by atoms with Crippen molar-refractivity contribution in [3.63, 3.8) is 0 Å².